The first-order valence-corrected chi connectivity index (χ1v) is 25.2. The minimum atomic E-state index is -1.39. The molecule has 0 bridgehead atoms. The molecule has 4 fully saturated rings. The monoisotopic (exact) mass is 1010 g/mol. The Bertz CT molecular complexity index is 2170. The summed E-state index contributed by atoms with van der Waals surface area (Å²) in [6, 6.07) is 12.2. The van der Waals surface area contributed by atoms with Gasteiger partial charge in [-0.05, 0) is 129 Å². The number of piperazine rings is 2. The van der Waals surface area contributed by atoms with Crippen LogP contribution in [-0.4, -0.2) is 131 Å². The third-order valence-electron chi connectivity index (χ3n) is 13.2. The fourth-order valence-corrected chi connectivity index (χ4v) is 10.1. The number of esters is 2. The van der Waals surface area contributed by atoms with Crippen LogP contribution in [-0.2, 0) is 60.7 Å². The lowest BCUT2D eigenvalue weighted by Crippen LogP contribution is -2.54. The van der Waals surface area contributed by atoms with Crippen LogP contribution < -0.4 is 20.4 Å². The van der Waals surface area contributed by atoms with Crippen LogP contribution >= 0.6 is 23.2 Å². The number of hydrogen-bond acceptors (Lipinski definition) is 12. The summed E-state index contributed by atoms with van der Waals surface area (Å²) < 4.78 is 10.7. The number of anilines is 2. The predicted octanol–water partition coefficient (Wildman–Crippen LogP) is 6.56. The lowest BCUT2D eigenvalue weighted by molar-refractivity contribution is -0.158. The maximum atomic E-state index is 13.1. The molecule has 2 aromatic rings. The van der Waals surface area contributed by atoms with Crippen molar-refractivity contribution in [1.82, 2.24) is 20.4 Å². The molecule has 4 aliphatic rings. The topological polar surface area (TPSA) is 192 Å². The molecular weight excluding hydrogens is 940 g/mol. The standard InChI is InChI=1S/2C26H36ClN3O5/c2*1-6-18-13-19(7-8-20(18)27)30-12-11-29(16-17(30)2)23(33)9-10-26(21(31)14-22(32)28-26)15-24(34)35-25(3,4)5/h2*7-8,13,17H,6,9-12,14-16H2,1-5H3,(H,28,32)/t2*17-,26?/m00/s1. The van der Waals surface area contributed by atoms with Gasteiger partial charge in [0, 0.05) is 85.6 Å². The zero-order chi connectivity index (χ0) is 51.9. The van der Waals surface area contributed by atoms with E-state index in [1.165, 1.54) is 0 Å². The summed E-state index contributed by atoms with van der Waals surface area (Å²) in [5, 5.41) is 6.84. The number of halogens is 2. The molecule has 4 saturated heterocycles. The molecule has 70 heavy (non-hydrogen) atoms. The van der Waals surface area contributed by atoms with Crippen molar-refractivity contribution in [2.24, 2.45) is 0 Å². The van der Waals surface area contributed by atoms with E-state index in [4.69, 9.17) is 32.7 Å². The van der Waals surface area contributed by atoms with Gasteiger partial charge in [0.05, 0.1) is 25.7 Å². The van der Waals surface area contributed by atoms with Gasteiger partial charge in [-0.25, -0.2) is 0 Å². The normalized spacial score (nSPS) is 22.9. The van der Waals surface area contributed by atoms with Crippen molar-refractivity contribution >= 4 is 81.7 Å². The minimum absolute atomic E-state index is 0.0580. The Hall–Kier alpha value is -5.22. The number of Topliss-reactive ketones (excluding diaryl/α,β-unsaturated/α-hetero) is 2. The molecule has 16 nitrogen and oxygen atoms in total. The summed E-state index contributed by atoms with van der Waals surface area (Å²) >= 11 is 12.5. The number of amides is 4. The highest BCUT2D eigenvalue weighted by Crippen LogP contribution is 2.32. The first-order valence-electron chi connectivity index (χ1n) is 24.4. The summed E-state index contributed by atoms with van der Waals surface area (Å²) in [5.74, 6) is -2.93. The Morgan fingerprint density at radius 3 is 1.26 bits per heavy atom. The number of rotatable bonds is 14. The Morgan fingerprint density at radius 1 is 0.614 bits per heavy atom. The van der Waals surface area contributed by atoms with Crippen LogP contribution in [0, 0.1) is 0 Å². The van der Waals surface area contributed by atoms with Gasteiger partial charge in [0.25, 0.3) is 0 Å². The molecule has 384 valence electrons. The molecule has 0 saturated carbocycles. The summed E-state index contributed by atoms with van der Waals surface area (Å²) in [6.45, 7) is 22.3. The predicted molar refractivity (Wildman–Crippen MR) is 269 cm³/mol. The van der Waals surface area contributed by atoms with Crippen LogP contribution in [0.2, 0.25) is 10.0 Å². The lowest BCUT2D eigenvalue weighted by Gasteiger charge is -2.41. The third kappa shape index (κ3) is 14.4. The molecule has 0 aliphatic carbocycles. The van der Waals surface area contributed by atoms with Crippen LogP contribution in [0.3, 0.4) is 0 Å². The first kappa shape index (κ1) is 55.7. The number of benzene rings is 2. The molecular formula is C52H72Cl2N6O10. The highest BCUT2D eigenvalue weighted by Gasteiger charge is 2.50. The Kier molecular flexibility index (Phi) is 18.2. The van der Waals surface area contributed by atoms with Gasteiger partial charge in [-0.2, -0.15) is 0 Å². The Labute approximate surface area is 422 Å². The minimum Gasteiger partial charge on any atom is -0.460 e. The highest BCUT2D eigenvalue weighted by atomic mass is 35.5. The van der Waals surface area contributed by atoms with Crippen molar-refractivity contribution in [3.8, 4) is 0 Å². The third-order valence-corrected chi connectivity index (χ3v) is 13.9. The highest BCUT2D eigenvalue weighted by molar-refractivity contribution is 6.31. The Balaban J connectivity index is 0.000000261. The molecule has 2 N–H and O–H groups in total. The maximum Gasteiger partial charge on any atom is 0.309 e. The van der Waals surface area contributed by atoms with E-state index in [2.05, 4.69) is 60.3 Å². The summed E-state index contributed by atoms with van der Waals surface area (Å²) in [5.41, 5.74) is 0.157. The van der Waals surface area contributed by atoms with Gasteiger partial charge in [-0.1, -0.05) is 37.0 Å². The van der Waals surface area contributed by atoms with Gasteiger partial charge in [0.2, 0.25) is 23.6 Å². The largest absolute Gasteiger partial charge is 0.460 e. The van der Waals surface area contributed by atoms with E-state index in [9.17, 15) is 38.4 Å². The van der Waals surface area contributed by atoms with Crippen LogP contribution in [0.25, 0.3) is 0 Å². The Morgan fingerprint density at radius 2 is 0.971 bits per heavy atom. The molecule has 4 heterocycles. The summed E-state index contributed by atoms with van der Waals surface area (Å²) in [7, 11) is 0. The second kappa shape index (κ2) is 22.9. The zero-order valence-corrected chi connectivity index (χ0v) is 44.1. The van der Waals surface area contributed by atoms with E-state index >= 15 is 0 Å². The number of nitrogens with zero attached hydrogens (tertiary/aromatic N) is 4. The number of ketones is 2. The van der Waals surface area contributed by atoms with Crippen molar-refractivity contribution < 1.29 is 47.8 Å². The lowest BCUT2D eigenvalue weighted by atomic mass is 9.86. The molecule has 0 spiro atoms. The number of ether oxygens (including phenoxy) is 2. The fraction of sp³-hybridized carbons (Fsp3) is 0.615. The van der Waals surface area contributed by atoms with Crippen LogP contribution in [0.5, 0.6) is 0 Å². The molecule has 4 atom stereocenters. The van der Waals surface area contributed by atoms with Gasteiger partial charge in [-0.3, -0.25) is 38.4 Å². The van der Waals surface area contributed by atoms with Crippen LogP contribution in [0.1, 0.15) is 132 Å². The van der Waals surface area contributed by atoms with Crippen molar-refractivity contribution in [1.29, 1.82) is 0 Å². The van der Waals surface area contributed by atoms with Crippen molar-refractivity contribution in [3.05, 3.63) is 57.6 Å². The van der Waals surface area contributed by atoms with E-state index in [1.807, 2.05) is 24.3 Å². The second-order valence-electron chi connectivity index (χ2n) is 21.0. The summed E-state index contributed by atoms with van der Waals surface area (Å²) in [6.07, 6.45) is 0.833. The smallest absolute Gasteiger partial charge is 0.309 e. The number of nitrogens with one attached hydrogen (secondary N) is 2. The van der Waals surface area contributed by atoms with Gasteiger partial charge in [0.1, 0.15) is 22.3 Å². The van der Waals surface area contributed by atoms with Gasteiger partial charge in [0.15, 0.2) is 11.6 Å². The molecule has 0 radical (unpaired) electrons. The summed E-state index contributed by atoms with van der Waals surface area (Å²) in [4.78, 5) is 109. The first-order chi connectivity index (χ1) is 32.7. The number of carbonyl (C=O) groups is 8. The fourth-order valence-electron chi connectivity index (χ4n) is 9.62. The van der Waals surface area contributed by atoms with Crippen molar-refractivity contribution in [2.45, 2.75) is 168 Å². The zero-order valence-electron chi connectivity index (χ0n) is 42.6. The second-order valence-corrected chi connectivity index (χ2v) is 21.8. The van der Waals surface area contributed by atoms with Crippen LogP contribution in [0.4, 0.5) is 11.4 Å². The molecule has 0 aromatic heterocycles. The van der Waals surface area contributed by atoms with E-state index in [0.29, 0.717) is 39.3 Å². The molecule has 2 unspecified atom stereocenters. The van der Waals surface area contributed by atoms with Gasteiger partial charge in [-0.15, -0.1) is 0 Å². The SMILES string of the molecule is CCc1cc(N2CCN(C(=O)CCC3(CC(=O)OC(C)(C)C)NC(=O)CC3=O)C[C@@H]2C)ccc1Cl.CCc1cc(N2CCN(C(=O)CCC3(CC(=O)OC(C)(C)C)NC(=O)CC3=O)C[C@@H]2C)ccc1Cl. The average Bonchev–Trinajstić information content (AvgIpc) is 3.70. The van der Waals surface area contributed by atoms with Gasteiger partial charge < -0.3 is 39.7 Å². The van der Waals surface area contributed by atoms with Gasteiger partial charge >= 0.3 is 11.9 Å². The van der Waals surface area contributed by atoms with E-state index < -0.39 is 46.0 Å². The van der Waals surface area contributed by atoms with E-state index in [0.717, 1.165) is 45.4 Å². The van der Waals surface area contributed by atoms with E-state index in [1.54, 1.807) is 51.3 Å². The molecule has 18 heteroatoms. The number of aryl methyl sites for hydroxylation is 2. The van der Waals surface area contributed by atoms with Crippen molar-refractivity contribution in [2.75, 3.05) is 49.1 Å². The molecule has 2 aromatic carbocycles. The van der Waals surface area contributed by atoms with E-state index in [-0.39, 0.29) is 86.8 Å². The maximum absolute atomic E-state index is 13.1. The average molecular weight is 1010 g/mol. The molecule has 6 rings (SSSR count). The number of hydrogen-bond donors (Lipinski definition) is 2. The quantitative estimate of drug-likeness (QED) is 0.153. The molecule has 4 aliphatic heterocycles. The van der Waals surface area contributed by atoms with Crippen molar-refractivity contribution in [3.63, 3.8) is 0 Å². The van der Waals surface area contributed by atoms with Crippen LogP contribution in [0.15, 0.2) is 36.4 Å². The number of carbonyl (C=O) groups excluding carboxylic acids is 8. The molecule has 4 amide bonds.